The molecule has 100 valence electrons. The molecule has 0 aromatic heterocycles. The maximum absolute atomic E-state index is 10.1. The van der Waals surface area contributed by atoms with E-state index < -0.39 is 5.43 Å². The minimum atomic E-state index is -0.769. The van der Waals surface area contributed by atoms with Crippen LogP contribution >= 0.6 is 11.6 Å². The first-order valence-corrected chi connectivity index (χ1v) is 5.68. The summed E-state index contributed by atoms with van der Waals surface area (Å²) < 4.78 is 4.55. The highest BCUT2D eigenvalue weighted by molar-refractivity contribution is 6.61. The summed E-state index contributed by atoms with van der Waals surface area (Å²) in [6.07, 6.45) is 3.46. The monoisotopic (exact) mass is 262 g/mol. The molecular formula is C13H23ClO3. The molecule has 0 rings (SSSR count). The molecular weight excluding hydrogens is 240 g/mol. The van der Waals surface area contributed by atoms with E-state index in [1.165, 1.54) is 0 Å². The predicted molar refractivity (Wildman–Crippen MR) is 72.2 cm³/mol. The summed E-state index contributed by atoms with van der Waals surface area (Å²) in [6, 6.07) is 0. The quantitative estimate of drug-likeness (QED) is 0.606. The van der Waals surface area contributed by atoms with Crippen molar-refractivity contribution in [3.05, 3.63) is 25.3 Å². The standard InChI is InChI=1S/C7H11ClO2.C6H12O/c1-4-7(2,3)5-10-6(8)9;1-4-6(2,3)5-7/h4H,1,5H2,2-3H3;4,7H,1,5H2,2-3H3. The Bertz CT molecular complexity index is 257. The number of aliphatic hydroxyl groups is 1. The van der Waals surface area contributed by atoms with E-state index in [2.05, 4.69) is 17.9 Å². The van der Waals surface area contributed by atoms with Crippen molar-refractivity contribution in [1.82, 2.24) is 0 Å². The number of rotatable bonds is 5. The predicted octanol–water partition coefficient (Wildman–Crippen LogP) is 3.76. The van der Waals surface area contributed by atoms with E-state index in [9.17, 15) is 4.79 Å². The molecule has 3 nitrogen and oxygen atoms in total. The zero-order valence-electron chi connectivity index (χ0n) is 11.1. The molecule has 1 N–H and O–H groups in total. The number of hydrogen-bond acceptors (Lipinski definition) is 3. The fourth-order valence-corrected chi connectivity index (χ4v) is 0.421. The number of hydrogen-bond donors (Lipinski definition) is 1. The number of carbonyl (C=O) groups excluding carboxylic acids is 1. The number of carbonyl (C=O) groups is 1. The molecule has 0 aromatic carbocycles. The normalized spacial score (nSPS) is 10.9. The third-order valence-corrected chi connectivity index (χ3v) is 2.18. The van der Waals surface area contributed by atoms with Gasteiger partial charge in [0.1, 0.15) is 6.61 Å². The maximum atomic E-state index is 10.1. The van der Waals surface area contributed by atoms with Gasteiger partial charge in [-0.1, -0.05) is 39.8 Å². The van der Waals surface area contributed by atoms with Gasteiger partial charge in [0.15, 0.2) is 0 Å². The summed E-state index contributed by atoms with van der Waals surface area (Å²) in [7, 11) is 0. The molecule has 0 aliphatic rings. The lowest BCUT2D eigenvalue weighted by Crippen LogP contribution is -2.16. The summed E-state index contributed by atoms with van der Waals surface area (Å²) in [5.74, 6) is 0. The van der Waals surface area contributed by atoms with Crippen molar-refractivity contribution in [3.8, 4) is 0 Å². The van der Waals surface area contributed by atoms with Gasteiger partial charge in [0.25, 0.3) is 0 Å². The molecule has 0 spiro atoms. The molecule has 0 aliphatic carbocycles. The molecule has 0 radical (unpaired) electrons. The van der Waals surface area contributed by atoms with E-state index in [1.54, 1.807) is 12.2 Å². The highest BCUT2D eigenvalue weighted by atomic mass is 35.5. The molecule has 0 saturated heterocycles. The van der Waals surface area contributed by atoms with Gasteiger partial charge in [-0.3, -0.25) is 0 Å². The second-order valence-electron chi connectivity index (χ2n) is 5.07. The molecule has 0 aliphatic heterocycles. The molecule has 0 aromatic rings. The molecule has 0 unspecified atom stereocenters. The van der Waals surface area contributed by atoms with E-state index in [0.29, 0.717) is 0 Å². The van der Waals surface area contributed by atoms with Crippen LogP contribution in [0.15, 0.2) is 25.3 Å². The van der Waals surface area contributed by atoms with Crippen molar-refractivity contribution in [3.63, 3.8) is 0 Å². The fourth-order valence-electron chi connectivity index (χ4n) is 0.366. The van der Waals surface area contributed by atoms with Crippen molar-refractivity contribution in [2.45, 2.75) is 27.7 Å². The second-order valence-corrected chi connectivity index (χ2v) is 5.38. The Morgan fingerprint density at radius 3 is 1.82 bits per heavy atom. The van der Waals surface area contributed by atoms with E-state index >= 15 is 0 Å². The lowest BCUT2D eigenvalue weighted by molar-refractivity contribution is 0.139. The van der Waals surface area contributed by atoms with Gasteiger partial charge in [-0.05, 0) is 0 Å². The first-order chi connectivity index (χ1) is 7.60. The lowest BCUT2D eigenvalue weighted by Gasteiger charge is -2.17. The van der Waals surface area contributed by atoms with Gasteiger partial charge in [0.2, 0.25) is 0 Å². The van der Waals surface area contributed by atoms with Gasteiger partial charge in [0, 0.05) is 22.4 Å². The van der Waals surface area contributed by atoms with Crippen LogP contribution in [0.2, 0.25) is 0 Å². The van der Waals surface area contributed by atoms with Gasteiger partial charge in [0.05, 0.1) is 6.61 Å². The third-order valence-electron chi connectivity index (χ3n) is 2.07. The van der Waals surface area contributed by atoms with Crippen LogP contribution in [0.5, 0.6) is 0 Å². The Hall–Kier alpha value is -0.800. The first-order valence-electron chi connectivity index (χ1n) is 5.30. The van der Waals surface area contributed by atoms with Crippen molar-refractivity contribution < 1.29 is 14.6 Å². The molecule has 17 heavy (non-hydrogen) atoms. The van der Waals surface area contributed by atoms with Crippen LogP contribution in [0.4, 0.5) is 4.79 Å². The summed E-state index contributed by atoms with van der Waals surface area (Å²) in [5, 5.41) is 8.52. The Balaban J connectivity index is 0. The molecule has 0 fully saturated rings. The largest absolute Gasteiger partial charge is 0.453 e. The minimum absolute atomic E-state index is 0.0972. The van der Waals surface area contributed by atoms with Crippen LogP contribution in [0.3, 0.4) is 0 Å². The average molecular weight is 263 g/mol. The van der Waals surface area contributed by atoms with Gasteiger partial charge >= 0.3 is 5.43 Å². The minimum Gasteiger partial charge on any atom is -0.453 e. The summed E-state index contributed by atoms with van der Waals surface area (Å²) in [5.41, 5.74) is -1.06. The van der Waals surface area contributed by atoms with Crippen LogP contribution in [0.1, 0.15) is 27.7 Å². The van der Waals surface area contributed by atoms with Gasteiger partial charge in [-0.25, -0.2) is 4.79 Å². The summed E-state index contributed by atoms with van der Waals surface area (Å²) in [6.45, 7) is 15.2. The Morgan fingerprint density at radius 2 is 1.65 bits per heavy atom. The third kappa shape index (κ3) is 13.1. The van der Waals surface area contributed by atoms with Crippen LogP contribution in [-0.4, -0.2) is 23.7 Å². The van der Waals surface area contributed by atoms with Crippen molar-refractivity contribution >= 4 is 17.0 Å². The topological polar surface area (TPSA) is 46.5 Å². The summed E-state index contributed by atoms with van der Waals surface area (Å²) in [4.78, 5) is 10.1. The molecule has 0 atom stereocenters. The van der Waals surface area contributed by atoms with Crippen molar-refractivity contribution in [2.24, 2.45) is 10.8 Å². The van der Waals surface area contributed by atoms with Crippen LogP contribution in [-0.2, 0) is 4.74 Å². The lowest BCUT2D eigenvalue weighted by atomic mass is 9.96. The number of halogens is 1. The van der Waals surface area contributed by atoms with E-state index in [-0.39, 0.29) is 24.0 Å². The van der Waals surface area contributed by atoms with Crippen molar-refractivity contribution in [2.75, 3.05) is 13.2 Å². The molecule has 0 amide bonds. The first kappa shape index (κ1) is 18.6. The summed E-state index contributed by atoms with van der Waals surface area (Å²) >= 11 is 4.95. The van der Waals surface area contributed by atoms with E-state index in [4.69, 9.17) is 16.7 Å². The van der Waals surface area contributed by atoms with Crippen LogP contribution < -0.4 is 0 Å². The SMILES string of the molecule is C=CC(C)(C)CO.C=CC(C)(C)COC(=O)Cl. The Kier molecular flexibility index (Phi) is 9.08. The molecule has 4 heteroatoms. The average Bonchev–Trinajstić information content (AvgIpc) is 2.27. The van der Waals surface area contributed by atoms with E-state index in [1.807, 2.05) is 27.7 Å². The number of ether oxygens (including phenoxy) is 1. The molecule has 0 bridgehead atoms. The van der Waals surface area contributed by atoms with Crippen LogP contribution in [0.25, 0.3) is 0 Å². The Labute approximate surface area is 109 Å². The van der Waals surface area contributed by atoms with E-state index in [0.717, 1.165) is 0 Å². The number of aliphatic hydroxyl groups excluding tert-OH is 1. The van der Waals surface area contributed by atoms with Crippen molar-refractivity contribution in [1.29, 1.82) is 0 Å². The Morgan fingerprint density at radius 1 is 1.24 bits per heavy atom. The zero-order valence-corrected chi connectivity index (χ0v) is 11.9. The molecule has 0 saturated carbocycles. The van der Waals surface area contributed by atoms with Gasteiger partial charge in [-0.15, -0.1) is 13.2 Å². The van der Waals surface area contributed by atoms with Gasteiger partial charge < -0.3 is 9.84 Å². The highest BCUT2D eigenvalue weighted by Gasteiger charge is 2.14. The zero-order chi connectivity index (χ0) is 14.1. The smallest absolute Gasteiger partial charge is 0.403 e. The molecule has 0 heterocycles. The fraction of sp³-hybridized carbons (Fsp3) is 0.615. The van der Waals surface area contributed by atoms with Crippen LogP contribution in [0, 0.1) is 10.8 Å². The maximum Gasteiger partial charge on any atom is 0.403 e. The second kappa shape index (κ2) is 8.31. The van der Waals surface area contributed by atoms with Gasteiger partial charge in [-0.2, -0.15) is 0 Å². The highest BCUT2D eigenvalue weighted by Crippen LogP contribution is 2.16.